The molecule has 0 aliphatic heterocycles. The summed E-state index contributed by atoms with van der Waals surface area (Å²) < 4.78 is 12.9. The Morgan fingerprint density at radius 2 is 1.95 bits per heavy atom. The van der Waals surface area contributed by atoms with Crippen molar-refractivity contribution in [2.75, 3.05) is 27.2 Å². The maximum atomic E-state index is 12.9. The Morgan fingerprint density at radius 3 is 2.48 bits per heavy atom. The molecule has 3 N–H and O–H groups in total. The monoisotopic (exact) mass is 298 g/mol. The summed E-state index contributed by atoms with van der Waals surface area (Å²) in [6, 6.07) is 4.84. The number of nitrogens with one attached hydrogen (secondary N) is 1. The molecule has 0 heterocycles. The quantitative estimate of drug-likeness (QED) is 0.598. The molecule has 118 valence electrons. The van der Waals surface area contributed by atoms with Crippen molar-refractivity contribution in [3.63, 3.8) is 0 Å². The van der Waals surface area contributed by atoms with Gasteiger partial charge < -0.3 is 20.4 Å². The largest absolute Gasteiger partial charge is 0.481 e. The normalized spacial score (nSPS) is 14.1. The van der Waals surface area contributed by atoms with Gasteiger partial charge in [-0.1, -0.05) is 12.1 Å². The summed E-state index contributed by atoms with van der Waals surface area (Å²) in [5, 5.41) is 22.3. The maximum Gasteiger partial charge on any atom is 0.305 e. The molecule has 6 heteroatoms. The van der Waals surface area contributed by atoms with Gasteiger partial charge in [0.1, 0.15) is 5.82 Å². The first-order valence-electron chi connectivity index (χ1n) is 6.93. The van der Waals surface area contributed by atoms with E-state index in [0.717, 1.165) is 13.0 Å². The van der Waals surface area contributed by atoms with E-state index in [4.69, 9.17) is 5.11 Å². The van der Waals surface area contributed by atoms with E-state index in [0.29, 0.717) is 12.1 Å². The number of rotatable bonds is 9. The molecule has 0 aliphatic rings. The Hall–Kier alpha value is -1.50. The van der Waals surface area contributed by atoms with Crippen LogP contribution in [0.25, 0.3) is 0 Å². The predicted octanol–water partition coefficient (Wildman–Crippen LogP) is 1.24. The number of hydrogen-bond donors (Lipinski definition) is 3. The highest BCUT2D eigenvalue weighted by atomic mass is 19.1. The second-order valence-corrected chi connectivity index (χ2v) is 5.31. The molecule has 0 saturated heterocycles. The summed E-state index contributed by atoms with van der Waals surface area (Å²) in [6.07, 6.45) is -0.333. The topological polar surface area (TPSA) is 72.8 Å². The van der Waals surface area contributed by atoms with Crippen LogP contribution in [-0.2, 0) is 4.79 Å². The minimum atomic E-state index is -0.985. The van der Waals surface area contributed by atoms with E-state index in [2.05, 4.69) is 5.32 Å². The molecule has 0 spiro atoms. The molecular formula is C15H23FN2O3. The van der Waals surface area contributed by atoms with Gasteiger partial charge in [0.25, 0.3) is 0 Å². The first-order chi connectivity index (χ1) is 9.90. The smallest absolute Gasteiger partial charge is 0.305 e. The zero-order valence-corrected chi connectivity index (χ0v) is 12.4. The van der Waals surface area contributed by atoms with Crippen molar-refractivity contribution in [1.82, 2.24) is 10.2 Å². The number of halogens is 1. The fourth-order valence-electron chi connectivity index (χ4n) is 2.06. The first-order valence-corrected chi connectivity index (χ1v) is 6.93. The molecule has 1 aromatic rings. The molecule has 0 saturated carbocycles. The molecule has 1 aromatic carbocycles. The van der Waals surface area contributed by atoms with Crippen LogP contribution in [0.4, 0.5) is 4.39 Å². The number of carboxylic acids is 1. The lowest BCUT2D eigenvalue weighted by Crippen LogP contribution is -2.38. The standard InChI is InChI=1S/C15H23FN2O3/c1-18(2)9-3-8-17-13(10-14(19)20)15(21)11-4-6-12(16)7-5-11/h4-7,13,15,17,21H,3,8-10H2,1-2H3,(H,19,20). The van der Waals surface area contributed by atoms with Crippen molar-refractivity contribution in [2.24, 2.45) is 0 Å². The van der Waals surface area contributed by atoms with Crippen LogP contribution in [0.5, 0.6) is 0 Å². The second-order valence-electron chi connectivity index (χ2n) is 5.31. The van der Waals surface area contributed by atoms with Crippen LogP contribution in [0.15, 0.2) is 24.3 Å². The highest BCUT2D eigenvalue weighted by molar-refractivity contribution is 5.67. The van der Waals surface area contributed by atoms with Crippen molar-refractivity contribution in [3.05, 3.63) is 35.6 Å². The van der Waals surface area contributed by atoms with Crippen LogP contribution in [-0.4, -0.2) is 54.3 Å². The van der Waals surface area contributed by atoms with Gasteiger partial charge >= 0.3 is 5.97 Å². The minimum Gasteiger partial charge on any atom is -0.481 e. The summed E-state index contributed by atoms with van der Waals surface area (Å²) in [7, 11) is 3.92. The molecule has 0 radical (unpaired) electrons. The van der Waals surface area contributed by atoms with Crippen LogP contribution >= 0.6 is 0 Å². The van der Waals surface area contributed by atoms with Gasteiger partial charge in [0.05, 0.1) is 12.5 Å². The summed E-state index contributed by atoms with van der Waals surface area (Å²) in [5.41, 5.74) is 0.503. The van der Waals surface area contributed by atoms with Gasteiger partial charge in [0, 0.05) is 6.04 Å². The number of benzene rings is 1. The number of aliphatic hydroxyl groups is 1. The van der Waals surface area contributed by atoms with Crippen molar-refractivity contribution >= 4 is 5.97 Å². The van der Waals surface area contributed by atoms with Gasteiger partial charge in [-0.05, 0) is 51.3 Å². The lowest BCUT2D eigenvalue weighted by molar-refractivity contribution is -0.138. The molecule has 0 bridgehead atoms. The van der Waals surface area contributed by atoms with E-state index in [9.17, 15) is 14.3 Å². The second kappa shape index (κ2) is 8.71. The first kappa shape index (κ1) is 17.6. The highest BCUT2D eigenvalue weighted by Crippen LogP contribution is 2.19. The average molecular weight is 298 g/mol. The Labute approximate surface area is 124 Å². The molecule has 0 amide bonds. The fraction of sp³-hybridized carbons (Fsp3) is 0.533. The molecule has 0 fully saturated rings. The van der Waals surface area contributed by atoms with Crippen LogP contribution in [0.2, 0.25) is 0 Å². The lowest BCUT2D eigenvalue weighted by Gasteiger charge is -2.23. The van der Waals surface area contributed by atoms with Crippen molar-refractivity contribution in [2.45, 2.75) is 25.0 Å². The van der Waals surface area contributed by atoms with E-state index < -0.39 is 18.1 Å². The lowest BCUT2D eigenvalue weighted by atomic mass is 9.99. The Kier molecular flexibility index (Phi) is 7.28. The molecule has 21 heavy (non-hydrogen) atoms. The molecule has 5 nitrogen and oxygen atoms in total. The van der Waals surface area contributed by atoms with Gasteiger partial charge in [0.15, 0.2) is 0 Å². The van der Waals surface area contributed by atoms with Gasteiger partial charge in [-0.2, -0.15) is 0 Å². The van der Waals surface area contributed by atoms with Gasteiger partial charge in [-0.3, -0.25) is 4.79 Å². The van der Waals surface area contributed by atoms with Gasteiger partial charge in [-0.15, -0.1) is 0 Å². The number of nitrogens with zero attached hydrogens (tertiary/aromatic N) is 1. The Morgan fingerprint density at radius 1 is 1.33 bits per heavy atom. The summed E-state index contributed by atoms with van der Waals surface area (Å²) in [5.74, 6) is -1.37. The van der Waals surface area contributed by atoms with E-state index >= 15 is 0 Å². The third-order valence-electron chi connectivity index (χ3n) is 3.18. The van der Waals surface area contributed by atoms with Crippen LogP contribution in [0.1, 0.15) is 24.5 Å². The molecule has 0 aromatic heterocycles. The molecule has 0 aliphatic carbocycles. The highest BCUT2D eigenvalue weighted by Gasteiger charge is 2.23. The fourth-order valence-corrected chi connectivity index (χ4v) is 2.06. The molecule has 2 atom stereocenters. The maximum absolute atomic E-state index is 12.9. The molecule has 1 rings (SSSR count). The SMILES string of the molecule is CN(C)CCCNC(CC(=O)O)C(O)c1ccc(F)cc1. The van der Waals surface area contributed by atoms with Crippen LogP contribution < -0.4 is 5.32 Å². The summed E-state index contributed by atoms with van der Waals surface area (Å²) in [6.45, 7) is 1.48. The van der Waals surface area contributed by atoms with Crippen LogP contribution in [0.3, 0.4) is 0 Å². The molecular weight excluding hydrogens is 275 g/mol. The number of carboxylic acid groups (broad SMARTS) is 1. The molecule has 2 unspecified atom stereocenters. The van der Waals surface area contributed by atoms with E-state index in [-0.39, 0.29) is 12.2 Å². The third kappa shape index (κ3) is 6.66. The summed E-state index contributed by atoms with van der Waals surface area (Å²) >= 11 is 0. The number of hydrogen-bond acceptors (Lipinski definition) is 4. The number of aliphatic hydroxyl groups excluding tert-OH is 1. The van der Waals surface area contributed by atoms with E-state index in [1.165, 1.54) is 24.3 Å². The Bertz CT molecular complexity index is 437. The minimum absolute atomic E-state index is 0.194. The third-order valence-corrected chi connectivity index (χ3v) is 3.18. The van der Waals surface area contributed by atoms with Gasteiger partial charge in [0.2, 0.25) is 0 Å². The zero-order valence-electron chi connectivity index (χ0n) is 12.4. The van der Waals surface area contributed by atoms with Crippen molar-refractivity contribution in [1.29, 1.82) is 0 Å². The van der Waals surface area contributed by atoms with E-state index in [1.807, 2.05) is 19.0 Å². The Balaban J connectivity index is 2.62. The number of aliphatic carboxylic acids is 1. The number of carbonyl (C=O) groups is 1. The summed E-state index contributed by atoms with van der Waals surface area (Å²) in [4.78, 5) is 13.0. The van der Waals surface area contributed by atoms with Crippen molar-refractivity contribution < 1.29 is 19.4 Å². The predicted molar refractivity (Wildman–Crippen MR) is 78.6 cm³/mol. The van der Waals surface area contributed by atoms with E-state index in [1.54, 1.807) is 0 Å². The zero-order chi connectivity index (χ0) is 15.8. The average Bonchev–Trinajstić information content (AvgIpc) is 2.41. The van der Waals surface area contributed by atoms with Crippen molar-refractivity contribution in [3.8, 4) is 0 Å². The van der Waals surface area contributed by atoms with Crippen LogP contribution in [0, 0.1) is 5.82 Å². The van der Waals surface area contributed by atoms with Gasteiger partial charge in [-0.25, -0.2) is 4.39 Å².